The molecule has 2 heterocycles. The lowest BCUT2D eigenvalue weighted by Crippen LogP contribution is -2.57. The number of nitrogens with one attached hydrogen (secondary N) is 1. The van der Waals surface area contributed by atoms with Crippen LogP contribution in [0.5, 0.6) is 0 Å². The van der Waals surface area contributed by atoms with Crippen LogP contribution in [-0.4, -0.2) is 63.3 Å². The van der Waals surface area contributed by atoms with E-state index in [4.69, 9.17) is 9.90 Å². The molecule has 1 unspecified atom stereocenters. The molecule has 1 aliphatic heterocycles. The van der Waals surface area contributed by atoms with Gasteiger partial charge in [0.25, 0.3) is 11.5 Å². The molecule has 0 saturated carbocycles. The second kappa shape index (κ2) is 12.1. The molecule has 0 spiro atoms. The van der Waals surface area contributed by atoms with E-state index in [0.717, 1.165) is 11.3 Å². The Bertz CT molecular complexity index is 1470. The van der Waals surface area contributed by atoms with Gasteiger partial charge in [-0.25, -0.2) is 14.3 Å². The van der Waals surface area contributed by atoms with Gasteiger partial charge in [-0.05, 0) is 56.2 Å². The van der Waals surface area contributed by atoms with Gasteiger partial charge in [-0.1, -0.05) is 24.3 Å². The number of aliphatic carboxylic acids is 1. The molecule has 13 heteroatoms. The van der Waals surface area contributed by atoms with Gasteiger partial charge in [0.15, 0.2) is 0 Å². The molecule has 1 fully saturated rings. The summed E-state index contributed by atoms with van der Waals surface area (Å²) < 4.78 is 46.4. The number of hydrogen-bond acceptors (Lipinski definition) is 5. The first-order valence-corrected chi connectivity index (χ1v) is 12.0. The molecule has 1 atom stereocenters. The zero-order chi connectivity index (χ0) is 29.8. The van der Waals surface area contributed by atoms with E-state index in [1.54, 1.807) is 17.9 Å². The SMILES string of the molecule is Cc1c(Cc2ccc(F)c(C(=O)N3CC(=O)N(c4ccccc4)C(C)C3)c2)n[nH]c(=O)c1C.O=C(O)C(F)(F)F. The van der Waals surface area contributed by atoms with Gasteiger partial charge in [0.1, 0.15) is 12.4 Å². The van der Waals surface area contributed by atoms with Gasteiger partial charge in [0.2, 0.25) is 5.91 Å². The quantitative estimate of drug-likeness (QED) is 0.469. The van der Waals surface area contributed by atoms with Crippen molar-refractivity contribution in [1.82, 2.24) is 15.1 Å². The molecule has 0 radical (unpaired) electrons. The average Bonchev–Trinajstić information content (AvgIpc) is 2.89. The Kier molecular flexibility index (Phi) is 9.07. The van der Waals surface area contributed by atoms with Gasteiger partial charge in [-0.3, -0.25) is 14.4 Å². The van der Waals surface area contributed by atoms with Gasteiger partial charge < -0.3 is 14.9 Å². The van der Waals surface area contributed by atoms with Crippen molar-refractivity contribution in [3.63, 3.8) is 0 Å². The number of rotatable bonds is 4. The average molecular weight is 563 g/mol. The third-order valence-corrected chi connectivity index (χ3v) is 6.35. The number of aromatic amines is 1. The van der Waals surface area contributed by atoms with Crippen LogP contribution < -0.4 is 10.5 Å². The molecule has 1 aliphatic rings. The highest BCUT2D eigenvalue weighted by molar-refractivity contribution is 6.02. The van der Waals surface area contributed by atoms with Crippen molar-refractivity contribution < 1.29 is 37.1 Å². The number of aromatic nitrogens is 2. The van der Waals surface area contributed by atoms with Crippen molar-refractivity contribution in [3.05, 3.63) is 92.6 Å². The third-order valence-electron chi connectivity index (χ3n) is 6.35. The fraction of sp³-hybridized carbons (Fsp3) is 0.296. The fourth-order valence-corrected chi connectivity index (χ4v) is 4.15. The number of carboxylic acids is 1. The maximum absolute atomic E-state index is 14.6. The number of carbonyl (C=O) groups is 3. The van der Waals surface area contributed by atoms with Crippen LogP contribution in [0.1, 0.15) is 39.7 Å². The van der Waals surface area contributed by atoms with E-state index < -0.39 is 23.9 Å². The van der Waals surface area contributed by atoms with E-state index in [1.807, 2.05) is 44.2 Å². The van der Waals surface area contributed by atoms with Crippen molar-refractivity contribution in [3.8, 4) is 0 Å². The summed E-state index contributed by atoms with van der Waals surface area (Å²) in [6.07, 6.45) is -4.75. The number of benzene rings is 2. The minimum absolute atomic E-state index is 0.0838. The van der Waals surface area contributed by atoms with Crippen LogP contribution in [0.3, 0.4) is 0 Å². The number of alkyl halides is 3. The normalized spacial score (nSPS) is 15.4. The summed E-state index contributed by atoms with van der Waals surface area (Å²) in [5.74, 6) is -4.14. The Morgan fingerprint density at radius 3 is 2.27 bits per heavy atom. The van der Waals surface area contributed by atoms with E-state index in [-0.39, 0.29) is 29.6 Å². The summed E-state index contributed by atoms with van der Waals surface area (Å²) in [6.45, 7) is 5.56. The molecule has 9 nitrogen and oxygen atoms in total. The number of hydrogen-bond donors (Lipinski definition) is 2. The van der Waals surface area contributed by atoms with Gasteiger partial charge >= 0.3 is 12.1 Å². The Labute approximate surface area is 226 Å². The summed E-state index contributed by atoms with van der Waals surface area (Å²) in [4.78, 5) is 49.7. The second-order valence-corrected chi connectivity index (χ2v) is 9.18. The van der Waals surface area contributed by atoms with Crippen LogP contribution in [0, 0.1) is 19.7 Å². The maximum atomic E-state index is 14.6. The summed E-state index contributed by atoms with van der Waals surface area (Å²) in [5, 5.41) is 13.7. The monoisotopic (exact) mass is 562 g/mol. The predicted octanol–water partition coefficient (Wildman–Crippen LogP) is 3.63. The number of piperazine rings is 1. The minimum Gasteiger partial charge on any atom is -0.475 e. The van der Waals surface area contributed by atoms with Crippen LogP contribution >= 0.6 is 0 Å². The molecule has 1 aromatic heterocycles. The zero-order valence-corrected chi connectivity index (χ0v) is 21.8. The number of H-pyrrole nitrogens is 1. The molecule has 2 amide bonds. The molecule has 2 aromatic carbocycles. The van der Waals surface area contributed by atoms with Gasteiger partial charge in [0.05, 0.1) is 17.3 Å². The molecule has 212 valence electrons. The van der Waals surface area contributed by atoms with Crippen LogP contribution in [0.15, 0.2) is 53.3 Å². The molecule has 3 aromatic rings. The number of amides is 2. The Hall–Kier alpha value is -4.55. The molecule has 40 heavy (non-hydrogen) atoms. The van der Waals surface area contributed by atoms with E-state index >= 15 is 0 Å². The van der Waals surface area contributed by atoms with Crippen LogP contribution in [0.2, 0.25) is 0 Å². The topological polar surface area (TPSA) is 124 Å². The van der Waals surface area contributed by atoms with E-state index in [0.29, 0.717) is 29.8 Å². The number of nitrogens with zero attached hydrogens (tertiary/aromatic N) is 3. The first-order valence-electron chi connectivity index (χ1n) is 12.0. The lowest BCUT2D eigenvalue weighted by molar-refractivity contribution is -0.192. The van der Waals surface area contributed by atoms with Crippen molar-refractivity contribution >= 4 is 23.5 Å². The Morgan fingerprint density at radius 1 is 1.07 bits per heavy atom. The number of carboxylic acid groups (broad SMARTS) is 1. The van der Waals surface area contributed by atoms with Crippen LogP contribution in [-0.2, 0) is 16.0 Å². The highest BCUT2D eigenvalue weighted by Gasteiger charge is 2.38. The van der Waals surface area contributed by atoms with Gasteiger partial charge in [-0.2, -0.15) is 18.3 Å². The van der Waals surface area contributed by atoms with E-state index in [9.17, 15) is 31.9 Å². The lowest BCUT2D eigenvalue weighted by Gasteiger charge is -2.39. The van der Waals surface area contributed by atoms with Gasteiger partial charge in [0, 0.05) is 24.2 Å². The van der Waals surface area contributed by atoms with Crippen molar-refractivity contribution in [2.45, 2.75) is 39.4 Å². The zero-order valence-electron chi connectivity index (χ0n) is 21.8. The predicted molar refractivity (Wildman–Crippen MR) is 137 cm³/mol. The van der Waals surface area contributed by atoms with E-state index in [1.165, 1.54) is 17.0 Å². The first-order chi connectivity index (χ1) is 18.7. The minimum atomic E-state index is -5.08. The van der Waals surface area contributed by atoms with Gasteiger partial charge in [-0.15, -0.1) is 0 Å². The van der Waals surface area contributed by atoms with Crippen molar-refractivity contribution in [1.29, 1.82) is 0 Å². The number of para-hydroxylation sites is 1. The number of halogens is 4. The van der Waals surface area contributed by atoms with Crippen LogP contribution in [0.4, 0.5) is 23.2 Å². The smallest absolute Gasteiger partial charge is 0.475 e. The summed E-state index contributed by atoms with van der Waals surface area (Å²) in [6, 6.07) is 13.4. The molecule has 0 aliphatic carbocycles. The van der Waals surface area contributed by atoms with Crippen molar-refractivity contribution in [2.24, 2.45) is 0 Å². The highest BCUT2D eigenvalue weighted by Crippen LogP contribution is 2.23. The number of anilines is 1. The molecular formula is C27H26F4N4O5. The Balaban J connectivity index is 0.000000559. The third kappa shape index (κ3) is 6.90. The fourth-order valence-electron chi connectivity index (χ4n) is 4.15. The lowest BCUT2D eigenvalue weighted by atomic mass is 10.0. The highest BCUT2D eigenvalue weighted by atomic mass is 19.4. The van der Waals surface area contributed by atoms with Crippen molar-refractivity contribution in [2.75, 3.05) is 18.0 Å². The van der Waals surface area contributed by atoms with Crippen LogP contribution in [0.25, 0.3) is 0 Å². The molecule has 0 bridgehead atoms. The second-order valence-electron chi connectivity index (χ2n) is 9.18. The largest absolute Gasteiger partial charge is 0.490 e. The molecule has 4 rings (SSSR count). The molecule has 1 saturated heterocycles. The molecule has 2 N–H and O–H groups in total. The van der Waals surface area contributed by atoms with E-state index in [2.05, 4.69) is 10.2 Å². The maximum Gasteiger partial charge on any atom is 0.490 e. The standard InChI is InChI=1S/C25H25FN4O3.C2HF3O2/c1-15-13-29(14-23(31)30(15)19-7-5-4-6-8-19)25(33)20-11-18(9-10-21(20)26)12-22-16(2)17(3)24(32)28-27-22;3-2(4,5)1(6)7/h4-11,15H,12-14H2,1-3H3,(H,28,32);(H,6,7). The summed E-state index contributed by atoms with van der Waals surface area (Å²) in [5.41, 5.74) is 3.10. The molecular weight excluding hydrogens is 536 g/mol. The Morgan fingerprint density at radius 2 is 1.70 bits per heavy atom. The summed E-state index contributed by atoms with van der Waals surface area (Å²) in [7, 11) is 0. The summed E-state index contributed by atoms with van der Waals surface area (Å²) >= 11 is 0. The first kappa shape index (κ1) is 30.0. The number of carbonyl (C=O) groups excluding carboxylic acids is 2.